The molecule has 125 valence electrons. The van der Waals surface area contributed by atoms with E-state index in [-0.39, 0.29) is 66.9 Å². The Morgan fingerprint density at radius 3 is 1.95 bits per heavy atom. The van der Waals surface area contributed by atoms with Crippen LogP contribution in [0, 0.1) is 27.7 Å². The molecule has 4 nitrogen and oxygen atoms in total. The first kappa shape index (κ1) is 37.8. The summed E-state index contributed by atoms with van der Waals surface area (Å²) >= 11 is 0. The number of rotatable bonds is 4. The number of ketones is 1. The molecular weight excluding hydrogens is 478 g/mol. The first-order chi connectivity index (χ1) is 8.13. The van der Waals surface area contributed by atoms with Crippen LogP contribution in [0.1, 0.15) is 25.7 Å². The number of methoxy groups -OCH3 is 1. The van der Waals surface area contributed by atoms with E-state index in [1.807, 2.05) is 0 Å². The van der Waals surface area contributed by atoms with Crippen molar-refractivity contribution in [2.24, 2.45) is 5.92 Å². The fourth-order valence-electron chi connectivity index (χ4n) is 1.51. The van der Waals surface area contributed by atoms with Crippen LogP contribution in [0.2, 0.25) is 5.82 Å². The van der Waals surface area contributed by atoms with Gasteiger partial charge in [0.2, 0.25) is 0 Å². The minimum atomic E-state index is 0. The molecule has 2 N–H and O–H groups in total. The summed E-state index contributed by atoms with van der Waals surface area (Å²) in [7, 11) is 8.08. The maximum atomic E-state index is 10.2. The third kappa shape index (κ3) is 26.1. The molecule has 0 aromatic heterocycles. The van der Waals surface area contributed by atoms with Crippen molar-refractivity contribution in [1.29, 1.82) is 0 Å². The van der Waals surface area contributed by atoms with Gasteiger partial charge in [-0.3, -0.25) is 0 Å². The van der Waals surface area contributed by atoms with Crippen molar-refractivity contribution in [3.63, 3.8) is 0 Å². The smallest absolute Gasteiger partial charge is 0.400 e. The molecule has 2 atom stereocenters. The standard InChI is InChI=1S/C6H11BO.C5H9O2.CH4O.2CH3.V.W/c7-6-2-1-5(3-6)4-8;1-3-5(6)4-7-2;1-2;;;;/h5-6,8H,1-4H2;1,3-4H2,2H3;2H,1H3;2*1H3;;/q;-1;;2*-1;;+2. The summed E-state index contributed by atoms with van der Waals surface area (Å²) in [5.74, 6) is 0.916. The Morgan fingerprint density at radius 2 is 1.81 bits per heavy atom. The molecular formula is C14H30BO4VW-. The maximum Gasteiger partial charge on any atom is 2.00 e. The molecule has 0 spiro atoms. The van der Waals surface area contributed by atoms with E-state index in [1.165, 1.54) is 7.11 Å². The van der Waals surface area contributed by atoms with Crippen LogP contribution in [0.25, 0.3) is 0 Å². The van der Waals surface area contributed by atoms with Crippen LogP contribution in [-0.4, -0.2) is 51.3 Å². The Labute approximate surface area is 159 Å². The summed E-state index contributed by atoms with van der Waals surface area (Å²) in [4.78, 5) is 10.2. The van der Waals surface area contributed by atoms with Crippen LogP contribution in [0.3, 0.4) is 0 Å². The molecule has 0 amide bonds. The Balaban J connectivity index is -0.0000000411. The molecule has 0 heterocycles. The molecule has 0 bridgehead atoms. The van der Waals surface area contributed by atoms with Crippen molar-refractivity contribution in [3.8, 4) is 0 Å². The van der Waals surface area contributed by atoms with Crippen molar-refractivity contribution in [1.82, 2.24) is 0 Å². The van der Waals surface area contributed by atoms with Gasteiger partial charge in [0, 0.05) is 39.4 Å². The third-order valence-corrected chi connectivity index (χ3v) is 2.42. The van der Waals surface area contributed by atoms with Crippen LogP contribution < -0.4 is 0 Å². The van der Waals surface area contributed by atoms with Gasteiger partial charge >= 0.3 is 21.1 Å². The first-order valence-corrected chi connectivity index (χ1v) is 5.75. The third-order valence-electron chi connectivity index (χ3n) is 2.42. The van der Waals surface area contributed by atoms with Gasteiger partial charge < -0.3 is 41.5 Å². The predicted molar refractivity (Wildman–Crippen MR) is 81.8 cm³/mol. The number of carbonyl (C=O) groups is 1. The number of aliphatic hydroxyl groups excluding tert-OH is 2. The molecule has 1 saturated carbocycles. The van der Waals surface area contributed by atoms with Crippen LogP contribution in [0.15, 0.2) is 0 Å². The second-order valence-corrected chi connectivity index (χ2v) is 3.84. The molecule has 1 aliphatic rings. The minimum Gasteiger partial charge on any atom is -0.400 e. The van der Waals surface area contributed by atoms with Crippen LogP contribution in [0.5, 0.6) is 0 Å². The maximum absolute atomic E-state index is 10.2. The number of carbonyl (C=O) groups excluding carboxylic acids is 1. The average molecular weight is 508 g/mol. The SMILES string of the molecule is CO.[B]C1CCC(CO)C1.[CH2-]CC(=O)COC.[CH3-].[CH3-].[V].[W+2]. The monoisotopic (exact) mass is 508 g/mol. The van der Waals surface area contributed by atoms with Crippen LogP contribution in [-0.2, 0) is 49.2 Å². The summed E-state index contributed by atoms with van der Waals surface area (Å²) < 4.78 is 4.50. The summed E-state index contributed by atoms with van der Waals surface area (Å²) in [6.07, 6.45) is 3.58. The van der Waals surface area contributed by atoms with Gasteiger partial charge in [-0.2, -0.15) is 0 Å². The zero-order chi connectivity index (χ0) is 13.7. The largest absolute Gasteiger partial charge is 2.00 e. The van der Waals surface area contributed by atoms with Crippen molar-refractivity contribution in [2.45, 2.75) is 31.5 Å². The zero-order valence-electron chi connectivity index (χ0n) is 13.7. The summed E-state index contributed by atoms with van der Waals surface area (Å²) in [5, 5.41) is 15.6. The van der Waals surface area contributed by atoms with Gasteiger partial charge in [-0.05, 0) is 12.3 Å². The molecule has 0 saturated heterocycles. The van der Waals surface area contributed by atoms with E-state index in [2.05, 4.69) is 11.7 Å². The van der Waals surface area contributed by atoms with E-state index < -0.39 is 0 Å². The number of hydrogen-bond acceptors (Lipinski definition) is 4. The molecule has 1 aliphatic carbocycles. The average Bonchev–Trinajstić information content (AvgIpc) is 2.79. The van der Waals surface area contributed by atoms with Crippen LogP contribution in [0.4, 0.5) is 0 Å². The van der Waals surface area contributed by atoms with Crippen molar-refractivity contribution >= 4 is 13.6 Å². The normalized spacial score (nSPS) is 17.8. The summed E-state index contributed by atoms with van der Waals surface area (Å²) in [5.41, 5.74) is 0. The van der Waals surface area contributed by atoms with Crippen molar-refractivity contribution < 1.29 is 59.4 Å². The van der Waals surface area contributed by atoms with Gasteiger partial charge in [0.1, 0.15) is 12.4 Å². The van der Waals surface area contributed by atoms with Crippen molar-refractivity contribution in [3.05, 3.63) is 21.8 Å². The molecule has 1 fully saturated rings. The van der Waals surface area contributed by atoms with E-state index in [0.29, 0.717) is 24.8 Å². The summed E-state index contributed by atoms with van der Waals surface area (Å²) in [6, 6.07) is 0. The topological polar surface area (TPSA) is 66.8 Å². The second kappa shape index (κ2) is 29.0. The van der Waals surface area contributed by atoms with E-state index in [9.17, 15) is 4.79 Å². The molecule has 0 aromatic carbocycles. The van der Waals surface area contributed by atoms with E-state index >= 15 is 0 Å². The Kier molecular flexibility index (Phi) is 52.2. The number of aliphatic hydroxyl groups is 2. The van der Waals surface area contributed by atoms with Gasteiger partial charge in [0.25, 0.3) is 0 Å². The van der Waals surface area contributed by atoms with Gasteiger partial charge in [0.15, 0.2) is 0 Å². The Hall–Kier alpha value is 0.888. The second-order valence-electron chi connectivity index (χ2n) is 3.84. The van der Waals surface area contributed by atoms with Gasteiger partial charge in [0.05, 0.1) is 7.85 Å². The van der Waals surface area contributed by atoms with E-state index in [4.69, 9.17) is 18.1 Å². The quantitative estimate of drug-likeness (QED) is 0.449. The number of Topliss-reactive ketones (excluding diaryl/α,β-unsaturated/α-hetero) is 1. The van der Waals surface area contributed by atoms with Crippen molar-refractivity contribution in [2.75, 3.05) is 27.4 Å². The van der Waals surface area contributed by atoms with Crippen LogP contribution >= 0.6 is 0 Å². The zero-order valence-corrected chi connectivity index (χ0v) is 18.1. The fraction of sp³-hybridized carbons (Fsp3) is 0.714. The fourth-order valence-corrected chi connectivity index (χ4v) is 1.51. The molecule has 21 heavy (non-hydrogen) atoms. The Morgan fingerprint density at radius 1 is 1.33 bits per heavy atom. The molecule has 0 aliphatic heterocycles. The predicted octanol–water partition coefficient (Wildman–Crippen LogP) is 1.67. The first-order valence-electron chi connectivity index (χ1n) is 5.75. The number of ether oxygens (including phenoxy) is 1. The summed E-state index contributed by atoms with van der Waals surface area (Å²) in [6.45, 7) is 3.90. The molecule has 1 rings (SSSR count). The number of hydrogen-bond donors (Lipinski definition) is 2. The van der Waals surface area contributed by atoms with Gasteiger partial charge in [-0.15, -0.1) is 6.42 Å². The Bertz CT molecular complexity index is 188. The van der Waals surface area contributed by atoms with Gasteiger partial charge in [-0.25, -0.2) is 0 Å². The van der Waals surface area contributed by atoms with E-state index in [0.717, 1.165) is 26.4 Å². The minimum absolute atomic E-state index is 0. The molecule has 7 heteroatoms. The molecule has 2 unspecified atom stereocenters. The molecule has 0 aromatic rings. The van der Waals surface area contributed by atoms with E-state index in [1.54, 1.807) is 0 Å². The van der Waals surface area contributed by atoms with Gasteiger partial charge in [-0.1, -0.05) is 18.7 Å². The molecule has 3 radical (unpaired) electrons.